The number of hydrogen-bond donors (Lipinski definition) is 0. The van der Waals surface area contributed by atoms with E-state index in [1.165, 1.54) is 52.6 Å². The zero-order chi connectivity index (χ0) is 24.2. The topological polar surface area (TPSA) is 0 Å². The molecule has 0 aliphatic heterocycles. The van der Waals surface area contributed by atoms with Crippen LogP contribution in [0, 0.1) is 0 Å². The molecule has 0 bridgehead atoms. The van der Waals surface area contributed by atoms with Gasteiger partial charge in [0.1, 0.15) is 0 Å². The Morgan fingerprint density at radius 3 is 1.44 bits per heavy atom. The summed E-state index contributed by atoms with van der Waals surface area (Å²) in [6.45, 7) is 0. The van der Waals surface area contributed by atoms with Gasteiger partial charge in [-0.3, -0.25) is 0 Å². The van der Waals surface area contributed by atoms with Crippen molar-refractivity contribution in [1.82, 2.24) is 0 Å². The molecule has 5 aromatic carbocycles. The Balaban J connectivity index is 1.77. The molecule has 176 valence electrons. The second kappa shape index (κ2) is 9.99. The molecule has 0 heterocycles. The highest BCUT2D eigenvalue weighted by molar-refractivity contribution is 5.60. The molecule has 1 aliphatic carbocycles. The Bertz CT molecular complexity index is 1310. The Labute approximate surface area is 215 Å². The van der Waals surface area contributed by atoms with Crippen LogP contribution in [0.4, 0.5) is 0 Å². The highest BCUT2D eigenvalue weighted by Gasteiger charge is 2.46. The maximum Gasteiger partial charge on any atom is 0.0560 e. The van der Waals surface area contributed by atoms with E-state index in [1.807, 2.05) is 0 Å². The fourth-order valence-electron chi connectivity index (χ4n) is 6.49. The molecule has 0 nitrogen and oxygen atoms in total. The van der Waals surface area contributed by atoms with Crippen LogP contribution in [-0.2, 0) is 18.3 Å². The minimum atomic E-state index is -0.391. The third-order valence-electron chi connectivity index (χ3n) is 8.00. The van der Waals surface area contributed by atoms with Crippen LogP contribution in [-0.4, -0.2) is 0 Å². The van der Waals surface area contributed by atoms with E-state index in [9.17, 15) is 0 Å². The number of hydrogen-bond acceptors (Lipinski definition) is 0. The van der Waals surface area contributed by atoms with Crippen molar-refractivity contribution in [3.05, 3.63) is 178 Å². The second-order valence-electron chi connectivity index (χ2n) is 9.94. The lowest BCUT2D eigenvalue weighted by molar-refractivity contribution is 0.529. The van der Waals surface area contributed by atoms with Crippen molar-refractivity contribution in [3.8, 4) is 0 Å². The fraction of sp³-hybridized carbons (Fsp3) is 0.167. The molecule has 0 aromatic heterocycles. The molecule has 0 saturated heterocycles. The summed E-state index contributed by atoms with van der Waals surface area (Å²) in [5, 5.41) is 0. The number of fused-ring (bicyclic) bond motifs is 1. The molecule has 1 aliphatic rings. The second-order valence-corrected chi connectivity index (χ2v) is 9.94. The van der Waals surface area contributed by atoms with Gasteiger partial charge in [0, 0.05) is 5.92 Å². The van der Waals surface area contributed by atoms with Crippen LogP contribution in [0.3, 0.4) is 0 Å². The van der Waals surface area contributed by atoms with Crippen LogP contribution in [0.15, 0.2) is 140 Å². The molecule has 0 saturated carbocycles. The van der Waals surface area contributed by atoms with Gasteiger partial charge >= 0.3 is 0 Å². The first-order valence-corrected chi connectivity index (χ1v) is 13.2. The van der Waals surface area contributed by atoms with Crippen molar-refractivity contribution in [3.63, 3.8) is 0 Å². The van der Waals surface area contributed by atoms with Crippen LogP contribution >= 0.6 is 0 Å². The SMILES string of the molecule is c1ccc([C@H](c2cccc3c2CCCC3)C(c2ccccc2)(c2ccccc2)c2ccccc2)cc1. The van der Waals surface area contributed by atoms with Crippen molar-refractivity contribution in [2.45, 2.75) is 37.0 Å². The van der Waals surface area contributed by atoms with Gasteiger partial charge in [0.2, 0.25) is 0 Å². The quantitative estimate of drug-likeness (QED) is 0.220. The Hall–Kier alpha value is -3.90. The molecule has 1 atom stereocenters. The van der Waals surface area contributed by atoms with Crippen molar-refractivity contribution < 1.29 is 0 Å². The summed E-state index contributed by atoms with van der Waals surface area (Å²) in [5.74, 6) is 0.124. The first-order valence-electron chi connectivity index (χ1n) is 13.2. The normalized spacial score (nSPS) is 14.1. The van der Waals surface area contributed by atoms with Crippen molar-refractivity contribution in [2.24, 2.45) is 0 Å². The molecular weight excluding hydrogens is 432 g/mol. The van der Waals surface area contributed by atoms with E-state index in [2.05, 4.69) is 140 Å². The Kier molecular flexibility index (Phi) is 6.26. The summed E-state index contributed by atoms with van der Waals surface area (Å²) in [6, 6.07) is 51.7. The Morgan fingerprint density at radius 1 is 0.444 bits per heavy atom. The molecule has 0 amide bonds. The highest BCUT2D eigenvalue weighted by atomic mass is 14.5. The fourth-order valence-corrected chi connectivity index (χ4v) is 6.49. The van der Waals surface area contributed by atoms with Gasteiger partial charge in [-0.1, -0.05) is 140 Å². The molecule has 0 unspecified atom stereocenters. The van der Waals surface area contributed by atoms with E-state index in [0.717, 1.165) is 6.42 Å². The standard InChI is InChI=1S/C36H32/c1-5-17-29(18-6-1)35(34-27-15-19-28-16-13-14-26-33(28)34)36(30-20-7-2-8-21-30,31-22-9-3-10-23-31)32-24-11-4-12-25-32/h1-12,15,17-25,27,35H,13-14,16,26H2/t35-/m1/s1. The smallest absolute Gasteiger partial charge is 0.0560 e. The lowest BCUT2D eigenvalue weighted by atomic mass is 9.57. The first kappa shape index (κ1) is 22.6. The average molecular weight is 465 g/mol. The summed E-state index contributed by atoms with van der Waals surface area (Å²) in [6.07, 6.45) is 4.89. The monoisotopic (exact) mass is 464 g/mol. The van der Waals surface area contributed by atoms with Crippen molar-refractivity contribution >= 4 is 0 Å². The van der Waals surface area contributed by atoms with Crippen LogP contribution in [0.1, 0.15) is 57.7 Å². The van der Waals surface area contributed by atoms with Crippen molar-refractivity contribution in [2.75, 3.05) is 0 Å². The molecule has 0 radical (unpaired) electrons. The summed E-state index contributed by atoms with van der Waals surface area (Å²) in [7, 11) is 0. The van der Waals surface area contributed by atoms with Gasteiger partial charge in [-0.05, 0) is 64.6 Å². The van der Waals surface area contributed by atoms with Crippen molar-refractivity contribution in [1.29, 1.82) is 0 Å². The van der Waals surface area contributed by atoms with E-state index in [1.54, 1.807) is 5.56 Å². The molecule has 0 heteroatoms. The van der Waals surface area contributed by atoms with E-state index in [0.29, 0.717) is 0 Å². The van der Waals surface area contributed by atoms with E-state index in [-0.39, 0.29) is 5.92 Å². The van der Waals surface area contributed by atoms with Gasteiger partial charge in [-0.25, -0.2) is 0 Å². The first-order chi connectivity index (χ1) is 17.9. The predicted molar refractivity (Wildman–Crippen MR) is 151 cm³/mol. The van der Waals surface area contributed by atoms with E-state index >= 15 is 0 Å². The van der Waals surface area contributed by atoms with Gasteiger partial charge in [-0.2, -0.15) is 0 Å². The van der Waals surface area contributed by atoms with Gasteiger partial charge in [0.15, 0.2) is 0 Å². The molecule has 0 N–H and O–H groups in total. The third-order valence-corrected chi connectivity index (χ3v) is 8.00. The highest BCUT2D eigenvalue weighted by Crippen LogP contribution is 2.53. The molecule has 5 aromatic rings. The summed E-state index contributed by atoms with van der Waals surface area (Å²) in [4.78, 5) is 0. The molecule has 0 spiro atoms. The van der Waals surface area contributed by atoms with Gasteiger partial charge in [0.05, 0.1) is 5.41 Å². The summed E-state index contributed by atoms with van der Waals surface area (Å²) >= 11 is 0. The van der Waals surface area contributed by atoms with Crippen LogP contribution in [0.2, 0.25) is 0 Å². The number of benzene rings is 5. The van der Waals surface area contributed by atoms with Crippen LogP contribution in [0.5, 0.6) is 0 Å². The van der Waals surface area contributed by atoms with Gasteiger partial charge in [-0.15, -0.1) is 0 Å². The van der Waals surface area contributed by atoms with Gasteiger partial charge in [0.25, 0.3) is 0 Å². The molecular formula is C36H32. The number of aryl methyl sites for hydroxylation is 1. The van der Waals surface area contributed by atoms with Crippen LogP contribution < -0.4 is 0 Å². The number of rotatable bonds is 6. The van der Waals surface area contributed by atoms with E-state index < -0.39 is 5.41 Å². The molecule has 6 rings (SSSR count). The zero-order valence-corrected chi connectivity index (χ0v) is 20.7. The zero-order valence-electron chi connectivity index (χ0n) is 20.7. The molecule has 0 fully saturated rings. The lowest BCUT2D eigenvalue weighted by Crippen LogP contribution is -2.38. The predicted octanol–water partition coefficient (Wildman–Crippen LogP) is 8.73. The maximum atomic E-state index is 2.41. The van der Waals surface area contributed by atoms with E-state index in [4.69, 9.17) is 0 Å². The molecule has 36 heavy (non-hydrogen) atoms. The third kappa shape index (κ3) is 3.88. The van der Waals surface area contributed by atoms with Gasteiger partial charge < -0.3 is 0 Å². The summed E-state index contributed by atoms with van der Waals surface area (Å²) in [5.41, 5.74) is 9.49. The minimum absolute atomic E-state index is 0.124. The maximum absolute atomic E-state index is 2.41. The summed E-state index contributed by atoms with van der Waals surface area (Å²) < 4.78 is 0. The largest absolute Gasteiger partial charge is 0.0622 e. The average Bonchev–Trinajstić information content (AvgIpc) is 2.97. The minimum Gasteiger partial charge on any atom is -0.0622 e. The lowest BCUT2D eigenvalue weighted by Gasteiger charge is -2.44. The Morgan fingerprint density at radius 2 is 0.917 bits per heavy atom. The van der Waals surface area contributed by atoms with Crippen LogP contribution in [0.25, 0.3) is 0 Å².